The Morgan fingerprint density at radius 2 is 2.05 bits per heavy atom. The molecule has 0 spiro atoms. The van der Waals surface area contributed by atoms with E-state index >= 15 is 0 Å². The largest absolute Gasteiger partial charge is 0.496 e. The molecule has 20 heavy (non-hydrogen) atoms. The minimum Gasteiger partial charge on any atom is -0.496 e. The summed E-state index contributed by atoms with van der Waals surface area (Å²) in [6, 6.07) is 9.81. The van der Waals surface area contributed by atoms with E-state index in [1.807, 2.05) is 18.2 Å². The Balaban J connectivity index is 2.18. The van der Waals surface area contributed by atoms with Crippen LogP contribution in [-0.2, 0) is 6.42 Å². The standard InChI is InChI=1S/C15H14BrClFNO/c1-20-15-5-2-9(6-12(15)16)7-14(19)11-4-3-10(17)8-13(11)18/h2-6,8,14H,7,19H2,1H3. The summed E-state index contributed by atoms with van der Waals surface area (Å²) in [5.74, 6) is 0.373. The van der Waals surface area contributed by atoms with Gasteiger partial charge < -0.3 is 10.5 Å². The number of hydrogen-bond acceptors (Lipinski definition) is 2. The van der Waals surface area contributed by atoms with E-state index in [2.05, 4.69) is 15.9 Å². The van der Waals surface area contributed by atoms with Crippen molar-refractivity contribution in [2.24, 2.45) is 5.73 Å². The lowest BCUT2D eigenvalue weighted by atomic mass is 9.99. The van der Waals surface area contributed by atoms with E-state index in [1.54, 1.807) is 19.2 Å². The Morgan fingerprint density at radius 3 is 2.65 bits per heavy atom. The van der Waals surface area contributed by atoms with Crippen LogP contribution in [0, 0.1) is 5.82 Å². The van der Waals surface area contributed by atoms with E-state index in [0.717, 1.165) is 15.8 Å². The number of nitrogens with two attached hydrogens (primary N) is 1. The molecule has 0 aromatic heterocycles. The van der Waals surface area contributed by atoms with Crippen molar-refractivity contribution in [1.29, 1.82) is 0 Å². The van der Waals surface area contributed by atoms with Crippen LogP contribution in [0.25, 0.3) is 0 Å². The first kappa shape index (κ1) is 15.3. The molecule has 0 amide bonds. The van der Waals surface area contributed by atoms with E-state index in [9.17, 15) is 4.39 Å². The lowest BCUT2D eigenvalue weighted by Crippen LogP contribution is -2.15. The molecule has 2 nitrogen and oxygen atoms in total. The average Bonchev–Trinajstić information content (AvgIpc) is 2.38. The molecule has 2 rings (SSSR count). The Hall–Kier alpha value is -1.10. The number of ether oxygens (including phenoxy) is 1. The van der Waals surface area contributed by atoms with E-state index in [1.165, 1.54) is 6.07 Å². The summed E-state index contributed by atoms with van der Waals surface area (Å²) in [7, 11) is 1.61. The lowest BCUT2D eigenvalue weighted by Gasteiger charge is -2.14. The number of benzene rings is 2. The predicted octanol–water partition coefficient (Wildman–Crippen LogP) is 4.49. The summed E-state index contributed by atoms with van der Waals surface area (Å²) >= 11 is 9.16. The smallest absolute Gasteiger partial charge is 0.133 e. The second-order valence-electron chi connectivity index (χ2n) is 4.45. The number of rotatable bonds is 4. The highest BCUT2D eigenvalue weighted by Gasteiger charge is 2.13. The van der Waals surface area contributed by atoms with Crippen LogP contribution >= 0.6 is 27.5 Å². The zero-order valence-corrected chi connectivity index (χ0v) is 13.2. The van der Waals surface area contributed by atoms with E-state index in [0.29, 0.717) is 17.0 Å². The highest BCUT2D eigenvalue weighted by molar-refractivity contribution is 9.10. The SMILES string of the molecule is COc1ccc(CC(N)c2ccc(Cl)cc2F)cc1Br. The molecule has 0 saturated carbocycles. The van der Waals surface area contributed by atoms with E-state index in [-0.39, 0.29) is 5.82 Å². The van der Waals surface area contributed by atoms with Crippen molar-refractivity contribution < 1.29 is 9.13 Å². The van der Waals surface area contributed by atoms with Crippen molar-refractivity contribution in [3.8, 4) is 5.75 Å². The van der Waals surface area contributed by atoms with Gasteiger partial charge in [0.15, 0.2) is 0 Å². The molecule has 2 N–H and O–H groups in total. The van der Waals surface area contributed by atoms with Gasteiger partial charge in [-0.05, 0) is 52.2 Å². The zero-order chi connectivity index (χ0) is 14.7. The molecule has 1 unspecified atom stereocenters. The number of hydrogen-bond donors (Lipinski definition) is 1. The van der Waals surface area contributed by atoms with Crippen LogP contribution < -0.4 is 10.5 Å². The maximum Gasteiger partial charge on any atom is 0.133 e. The van der Waals surface area contributed by atoms with Gasteiger partial charge in [-0.1, -0.05) is 23.7 Å². The van der Waals surface area contributed by atoms with Gasteiger partial charge in [-0.2, -0.15) is 0 Å². The first-order valence-electron chi connectivity index (χ1n) is 6.04. The summed E-state index contributed by atoms with van der Waals surface area (Å²) < 4.78 is 19.8. The predicted molar refractivity (Wildman–Crippen MR) is 82.7 cm³/mol. The van der Waals surface area contributed by atoms with Gasteiger partial charge in [-0.3, -0.25) is 0 Å². The van der Waals surface area contributed by atoms with Crippen LogP contribution in [0.15, 0.2) is 40.9 Å². The average molecular weight is 359 g/mol. The molecule has 0 aliphatic carbocycles. The van der Waals surface area contributed by atoms with Crippen molar-refractivity contribution >= 4 is 27.5 Å². The molecule has 0 aliphatic heterocycles. The van der Waals surface area contributed by atoms with Gasteiger partial charge in [-0.15, -0.1) is 0 Å². The molecule has 106 valence electrons. The van der Waals surface area contributed by atoms with Crippen molar-refractivity contribution in [1.82, 2.24) is 0 Å². The van der Waals surface area contributed by atoms with Gasteiger partial charge in [-0.25, -0.2) is 4.39 Å². The summed E-state index contributed by atoms with van der Waals surface area (Å²) in [6.45, 7) is 0. The minimum atomic E-state index is -0.424. The Bertz CT molecular complexity index is 621. The highest BCUT2D eigenvalue weighted by Crippen LogP contribution is 2.28. The molecule has 0 radical (unpaired) electrons. The summed E-state index contributed by atoms with van der Waals surface area (Å²) in [6.07, 6.45) is 0.529. The fraction of sp³-hybridized carbons (Fsp3) is 0.200. The second-order valence-corrected chi connectivity index (χ2v) is 5.74. The topological polar surface area (TPSA) is 35.2 Å². The molecule has 0 saturated heterocycles. The highest BCUT2D eigenvalue weighted by atomic mass is 79.9. The second kappa shape index (κ2) is 6.57. The van der Waals surface area contributed by atoms with Crippen molar-refractivity contribution in [3.05, 3.63) is 62.8 Å². The third kappa shape index (κ3) is 3.51. The maximum atomic E-state index is 13.8. The van der Waals surface area contributed by atoms with Crippen LogP contribution in [0.5, 0.6) is 5.75 Å². The first-order valence-corrected chi connectivity index (χ1v) is 7.21. The van der Waals surface area contributed by atoms with Crippen molar-refractivity contribution in [2.75, 3.05) is 7.11 Å². The lowest BCUT2D eigenvalue weighted by molar-refractivity contribution is 0.412. The summed E-state index contributed by atoms with van der Waals surface area (Å²) in [5.41, 5.74) is 7.53. The number of halogens is 3. The molecular formula is C15H14BrClFNO. The van der Waals surface area contributed by atoms with Gasteiger partial charge in [0.05, 0.1) is 11.6 Å². The fourth-order valence-electron chi connectivity index (χ4n) is 2.00. The third-order valence-electron chi connectivity index (χ3n) is 3.03. The Kier molecular flexibility index (Phi) is 5.02. The fourth-order valence-corrected chi connectivity index (χ4v) is 2.75. The summed E-state index contributed by atoms with van der Waals surface area (Å²) in [5, 5.41) is 0.366. The molecule has 0 bridgehead atoms. The van der Waals surface area contributed by atoms with Crippen LogP contribution in [0.3, 0.4) is 0 Å². The Morgan fingerprint density at radius 1 is 1.30 bits per heavy atom. The third-order valence-corrected chi connectivity index (χ3v) is 3.89. The quantitative estimate of drug-likeness (QED) is 0.874. The molecule has 0 heterocycles. The van der Waals surface area contributed by atoms with Crippen molar-refractivity contribution in [2.45, 2.75) is 12.5 Å². The van der Waals surface area contributed by atoms with E-state index in [4.69, 9.17) is 22.1 Å². The monoisotopic (exact) mass is 357 g/mol. The van der Waals surface area contributed by atoms with E-state index < -0.39 is 6.04 Å². The Labute approximate surface area is 130 Å². The minimum absolute atomic E-state index is 0.366. The van der Waals surface area contributed by atoms with Gasteiger partial charge >= 0.3 is 0 Å². The first-order chi connectivity index (χ1) is 9.51. The van der Waals surface area contributed by atoms with Crippen LogP contribution in [0.1, 0.15) is 17.2 Å². The van der Waals surface area contributed by atoms with Crippen LogP contribution in [0.4, 0.5) is 4.39 Å². The zero-order valence-electron chi connectivity index (χ0n) is 10.9. The normalized spacial score (nSPS) is 12.2. The molecule has 2 aromatic rings. The summed E-state index contributed by atoms with van der Waals surface area (Å²) in [4.78, 5) is 0. The number of methoxy groups -OCH3 is 1. The van der Waals surface area contributed by atoms with Gasteiger partial charge in [0.2, 0.25) is 0 Å². The van der Waals surface area contributed by atoms with Crippen LogP contribution in [0.2, 0.25) is 5.02 Å². The molecule has 2 aromatic carbocycles. The molecule has 1 atom stereocenters. The molecule has 0 fully saturated rings. The van der Waals surface area contributed by atoms with Crippen molar-refractivity contribution in [3.63, 3.8) is 0 Å². The van der Waals surface area contributed by atoms with Gasteiger partial charge in [0.25, 0.3) is 0 Å². The van der Waals surface area contributed by atoms with Gasteiger partial charge in [0, 0.05) is 16.6 Å². The molecule has 5 heteroatoms. The van der Waals surface area contributed by atoms with Crippen LogP contribution in [-0.4, -0.2) is 7.11 Å². The van der Waals surface area contributed by atoms with Gasteiger partial charge in [0.1, 0.15) is 11.6 Å². The maximum absolute atomic E-state index is 13.8. The molecular weight excluding hydrogens is 345 g/mol. The molecule has 0 aliphatic rings.